The van der Waals surface area contributed by atoms with Crippen LogP contribution in [0.5, 0.6) is 0 Å². The van der Waals surface area contributed by atoms with E-state index in [2.05, 4.69) is 25.1 Å². The Morgan fingerprint density at radius 2 is 1.91 bits per heavy atom. The van der Waals surface area contributed by atoms with Crippen molar-refractivity contribution in [2.24, 2.45) is 0 Å². The van der Waals surface area contributed by atoms with Crippen molar-refractivity contribution in [2.45, 2.75) is 13.3 Å². The zero-order valence-electron chi connectivity index (χ0n) is 12.4. The summed E-state index contributed by atoms with van der Waals surface area (Å²) in [6, 6.07) is 17.8. The lowest BCUT2D eigenvalue weighted by molar-refractivity contribution is 0.0989. The Balaban J connectivity index is 1.79. The summed E-state index contributed by atoms with van der Waals surface area (Å²) in [6.45, 7) is 2.78. The van der Waals surface area contributed by atoms with E-state index in [4.69, 9.17) is 4.98 Å². The van der Waals surface area contributed by atoms with E-state index in [1.165, 1.54) is 5.56 Å². The Kier molecular flexibility index (Phi) is 2.93. The number of pyridine rings is 1. The first kappa shape index (κ1) is 13.0. The zero-order chi connectivity index (χ0) is 15.1. The van der Waals surface area contributed by atoms with Crippen molar-refractivity contribution in [3.63, 3.8) is 0 Å². The number of nitrogens with zero attached hydrogens (tertiary/aromatic N) is 2. The summed E-state index contributed by atoms with van der Waals surface area (Å²) in [6.07, 6.45) is 0.866. The SMILES string of the molecule is Cc1ccc2nc3c(cc2c1)CCN3C(=O)c1ccccc1. The van der Waals surface area contributed by atoms with E-state index in [-0.39, 0.29) is 5.91 Å². The average molecular weight is 288 g/mol. The number of amides is 1. The van der Waals surface area contributed by atoms with E-state index in [0.29, 0.717) is 12.1 Å². The lowest BCUT2D eigenvalue weighted by Crippen LogP contribution is -2.29. The molecular weight excluding hydrogens is 272 g/mol. The van der Waals surface area contributed by atoms with E-state index in [1.54, 1.807) is 4.90 Å². The van der Waals surface area contributed by atoms with Crippen molar-refractivity contribution < 1.29 is 4.79 Å². The zero-order valence-corrected chi connectivity index (χ0v) is 12.4. The number of hydrogen-bond donors (Lipinski definition) is 0. The van der Waals surface area contributed by atoms with Crippen molar-refractivity contribution in [1.82, 2.24) is 4.98 Å². The van der Waals surface area contributed by atoms with Crippen LogP contribution < -0.4 is 4.90 Å². The number of carbonyl (C=O) groups excluding carboxylic acids is 1. The molecule has 1 aliphatic heterocycles. The molecule has 108 valence electrons. The van der Waals surface area contributed by atoms with Gasteiger partial charge in [-0.2, -0.15) is 0 Å². The normalized spacial score (nSPS) is 13.4. The molecule has 0 N–H and O–H groups in total. The minimum absolute atomic E-state index is 0.0262. The third-order valence-corrected chi connectivity index (χ3v) is 4.15. The van der Waals surface area contributed by atoms with Gasteiger partial charge in [0.15, 0.2) is 0 Å². The molecule has 0 unspecified atom stereocenters. The number of rotatable bonds is 1. The molecule has 0 bridgehead atoms. The molecule has 0 aliphatic carbocycles. The molecule has 4 rings (SSSR count). The third-order valence-electron chi connectivity index (χ3n) is 4.15. The molecule has 2 aromatic carbocycles. The molecule has 1 amide bonds. The van der Waals surface area contributed by atoms with Crippen LogP contribution in [0.25, 0.3) is 10.9 Å². The van der Waals surface area contributed by atoms with Gasteiger partial charge >= 0.3 is 0 Å². The molecule has 0 saturated heterocycles. The van der Waals surface area contributed by atoms with Crippen LogP contribution in [-0.2, 0) is 6.42 Å². The highest BCUT2D eigenvalue weighted by atomic mass is 16.2. The van der Waals surface area contributed by atoms with Gasteiger partial charge in [0.1, 0.15) is 5.82 Å². The minimum Gasteiger partial charge on any atom is -0.292 e. The molecule has 3 heteroatoms. The molecule has 22 heavy (non-hydrogen) atoms. The van der Waals surface area contributed by atoms with Crippen LogP contribution in [0.3, 0.4) is 0 Å². The summed E-state index contributed by atoms with van der Waals surface area (Å²) >= 11 is 0. The highest BCUT2D eigenvalue weighted by molar-refractivity contribution is 6.07. The van der Waals surface area contributed by atoms with Crippen LogP contribution in [0.15, 0.2) is 54.6 Å². The second-order valence-corrected chi connectivity index (χ2v) is 5.74. The van der Waals surface area contributed by atoms with Crippen molar-refractivity contribution in [3.05, 3.63) is 71.3 Å². The van der Waals surface area contributed by atoms with Gasteiger partial charge in [0.05, 0.1) is 5.52 Å². The van der Waals surface area contributed by atoms with E-state index in [0.717, 1.165) is 28.7 Å². The Morgan fingerprint density at radius 3 is 2.73 bits per heavy atom. The number of benzene rings is 2. The Bertz CT molecular complexity index is 871. The number of anilines is 1. The Morgan fingerprint density at radius 1 is 1.09 bits per heavy atom. The molecule has 0 saturated carbocycles. The minimum atomic E-state index is 0.0262. The quantitative estimate of drug-likeness (QED) is 0.683. The van der Waals surface area contributed by atoms with Gasteiger partial charge in [0.25, 0.3) is 5.91 Å². The van der Waals surface area contributed by atoms with Gasteiger partial charge in [-0.3, -0.25) is 9.69 Å². The second kappa shape index (κ2) is 4.95. The predicted octanol–water partition coefficient (Wildman–Crippen LogP) is 3.75. The summed E-state index contributed by atoms with van der Waals surface area (Å²) in [5.41, 5.74) is 4.03. The molecule has 0 radical (unpaired) electrons. The van der Waals surface area contributed by atoms with Crippen LogP contribution in [-0.4, -0.2) is 17.4 Å². The standard InChI is InChI=1S/C19H16N2O/c1-13-7-8-17-16(11-13)12-15-9-10-21(18(15)20-17)19(22)14-5-3-2-4-6-14/h2-8,11-12H,9-10H2,1H3. The second-order valence-electron chi connectivity index (χ2n) is 5.74. The summed E-state index contributed by atoms with van der Waals surface area (Å²) in [7, 11) is 0. The Hall–Kier alpha value is -2.68. The first-order valence-electron chi connectivity index (χ1n) is 7.49. The molecule has 0 spiro atoms. The third kappa shape index (κ3) is 2.06. The Labute approximate surface area is 129 Å². The maximum atomic E-state index is 12.7. The van der Waals surface area contributed by atoms with Crippen molar-refractivity contribution in [1.29, 1.82) is 0 Å². The number of hydrogen-bond acceptors (Lipinski definition) is 2. The fraction of sp³-hybridized carbons (Fsp3) is 0.158. The van der Waals surface area contributed by atoms with Gasteiger partial charge in [0, 0.05) is 17.5 Å². The smallest absolute Gasteiger partial charge is 0.259 e. The molecule has 3 aromatic rings. The topological polar surface area (TPSA) is 33.2 Å². The van der Waals surface area contributed by atoms with E-state index in [9.17, 15) is 4.79 Å². The highest BCUT2D eigenvalue weighted by Gasteiger charge is 2.27. The van der Waals surface area contributed by atoms with Crippen LogP contribution in [0.1, 0.15) is 21.5 Å². The number of fused-ring (bicyclic) bond motifs is 2. The summed E-state index contributed by atoms with van der Waals surface area (Å²) in [4.78, 5) is 19.2. The molecule has 0 fully saturated rings. The summed E-state index contributed by atoms with van der Waals surface area (Å²) < 4.78 is 0. The number of aromatic nitrogens is 1. The number of aryl methyl sites for hydroxylation is 1. The molecule has 0 atom stereocenters. The lowest BCUT2D eigenvalue weighted by atomic mass is 10.1. The lowest BCUT2D eigenvalue weighted by Gasteiger charge is -2.16. The number of carbonyl (C=O) groups is 1. The van der Waals surface area contributed by atoms with Crippen LogP contribution in [0, 0.1) is 6.92 Å². The van der Waals surface area contributed by atoms with Gasteiger partial charge < -0.3 is 0 Å². The first-order valence-corrected chi connectivity index (χ1v) is 7.49. The van der Waals surface area contributed by atoms with Crippen molar-refractivity contribution in [3.8, 4) is 0 Å². The van der Waals surface area contributed by atoms with Gasteiger partial charge in [-0.1, -0.05) is 29.8 Å². The molecule has 1 aromatic heterocycles. The maximum absolute atomic E-state index is 12.7. The molecule has 3 nitrogen and oxygen atoms in total. The van der Waals surface area contributed by atoms with E-state index >= 15 is 0 Å². The summed E-state index contributed by atoms with van der Waals surface area (Å²) in [5, 5.41) is 1.15. The fourth-order valence-electron chi connectivity index (χ4n) is 3.02. The van der Waals surface area contributed by atoms with Crippen LogP contribution in [0.2, 0.25) is 0 Å². The fourth-order valence-corrected chi connectivity index (χ4v) is 3.02. The van der Waals surface area contributed by atoms with E-state index in [1.807, 2.05) is 36.4 Å². The van der Waals surface area contributed by atoms with Gasteiger partial charge in [-0.15, -0.1) is 0 Å². The first-order chi connectivity index (χ1) is 10.7. The van der Waals surface area contributed by atoms with E-state index < -0.39 is 0 Å². The predicted molar refractivity (Wildman–Crippen MR) is 88.3 cm³/mol. The van der Waals surface area contributed by atoms with Gasteiger partial charge in [-0.05, 0) is 49.2 Å². The van der Waals surface area contributed by atoms with Gasteiger partial charge in [0.2, 0.25) is 0 Å². The van der Waals surface area contributed by atoms with Gasteiger partial charge in [-0.25, -0.2) is 4.98 Å². The van der Waals surface area contributed by atoms with Crippen LogP contribution >= 0.6 is 0 Å². The largest absolute Gasteiger partial charge is 0.292 e. The summed E-state index contributed by atoms with van der Waals surface area (Å²) in [5.74, 6) is 0.837. The molecule has 1 aliphatic rings. The molecule has 2 heterocycles. The maximum Gasteiger partial charge on any atom is 0.259 e. The highest BCUT2D eigenvalue weighted by Crippen LogP contribution is 2.30. The average Bonchev–Trinajstić information content (AvgIpc) is 2.95. The monoisotopic (exact) mass is 288 g/mol. The van der Waals surface area contributed by atoms with Crippen molar-refractivity contribution in [2.75, 3.05) is 11.4 Å². The van der Waals surface area contributed by atoms with Crippen molar-refractivity contribution >= 4 is 22.6 Å². The van der Waals surface area contributed by atoms with Crippen LogP contribution in [0.4, 0.5) is 5.82 Å². The molecular formula is C19H16N2O.